The van der Waals surface area contributed by atoms with Crippen molar-refractivity contribution in [2.45, 2.75) is 71.3 Å². The zero-order chi connectivity index (χ0) is 15.0. The van der Waals surface area contributed by atoms with Crippen molar-refractivity contribution in [3.8, 4) is 0 Å². The summed E-state index contributed by atoms with van der Waals surface area (Å²) in [6, 6.07) is 0. The second-order valence-corrected chi connectivity index (χ2v) is 7.73. The number of alkyl halides is 1. The lowest BCUT2D eigenvalue weighted by Crippen LogP contribution is -2.53. The van der Waals surface area contributed by atoms with Crippen molar-refractivity contribution in [3.05, 3.63) is 0 Å². The molecule has 0 aromatic carbocycles. The van der Waals surface area contributed by atoms with Gasteiger partial charge in [0, 0.05) is 0 Å². The zero-order valence-electron chi connectivity index (χ0n) is 13.4. The van der Waals surface area contributed by atoms with Crippen LogP contribution in [0.15, 0.2) is 0 Å². The van der Waals surface area contributed by atoms with Crippen molar-refractivity contribution in [3.63, 3.8) is 0 Å². The Morgan fingerprint density at radius 1 is 1.10 bits per heavy atom. The molecular formula is C17H29IO2. The second-order valence-electron chi connectivity index (χ2n) is 7.73. The predicted octanol–water partition coefficient (Wildman–Crippen LogP) is 4.99. The Morgan fingerprint density at radius 3 is 1.85 bits per heavy atom. The van der Waals surface area contributed by atoms with Crippen LogP contribution >= 0.6 is 22.6 Å². The van der Waals surface area contributed by atoms with E-state index in [0.29, 0.717) is 0 Å². The molecule has 3 heteroatoms. The summed E-state index contributed by atoms with van der Waals surface area (Å²) in [7, 11) is 0. The Kier molecular flexibility index (Phi) is 5.08. The maximum Gasteiger partial charge on any atom is 0.312 e. The first-order valence-electron chi connectivity index (χ1n) is 8.04. The standard InChI is InChI=1S/C16H26O2.CH3I/c1-4-15(2,3)14(17)18-16-8-11-5-12(9-16)7-13(6-11)10-16;1-2/h11-13H,4-10H2,1-3H3;1H3. The Bertz CT molecular complexity index is 327. The summed E-state index contributed by atoms with van der Waals surface area (Å²) in [6.45, 7) is 6.09. The average Bonchev–Trinajstić information content (AvgIpc) is 2.38. The molecule has 0 aromatic heterocycles. The van der Waals surface area contributed by atoms with Gasteiger partial charge in [-0.05, 0) is 81.5 Å². The molecular weight excluding hydrogens is 363 g/mol. The van der Waals surface area contributed by atoms with E-state index in [1.807, 2.05) is 18.8 Å². The van der Waals surface area contributed by atoms with E-state index >= 15 is 0 Å². The molecule has 0 spiro atoms. The van der Waals surface area contributed by atoms with Crippen molar-refractivity contribution < 1.29 is 9.53 Å². The molecule has 20 heavy (non-hydrogen) atoms. The zero-order valence-corrected chi connectivity index (χ0v) is 15.5. The van der Waals surface area contributed by atoms with Gasteiger partial charge in [-0.3, -0.25) is 4.79 Å². The molecule has 4 rings (SSSR count). The third-order valence-corrected chi connectivity index (χ3v) is 5.73. The van der Waals surface area contributed by atoms with Crippen LogP contribution in [0.1, 0.15) is 65.7 Å². The summed E-state index contributed by atoms with van der Waals surface area (Å²) in [4.78, 5) is 14.3. The summed E-state index contributed by atoms with van der Waals surface area (Å²) < 4.78 is 6.07. The van der Waals surface area contributed by atoms with Crippen LogP contribution in [0, 0.1) is 23.2 Å². The van der Waals surface area contributed by atoms with Crippen LogP contribution in [0.2, 0.25) is 0 Å². The molecule has 0 radical (unpaired) electrons. The third kappa shape index (κ3) is 3.17. The van der Waals surface area contributed by atoms with Gasteiger partial charge in [-0.2, -0.15) is 0 Å². The highest BCUT2D eigenvalue weighted by molar-refractivity contribution is 14.1. The number of hydrogen-bond acceptors (Lipinski definition) is 2. The molecule has 4 fully saturated rings. The third-order valence-electron chi connectivity index (χ3n) is 5.73. The first-order chi connectivity index (χ1) is 9.42. The smallest absolute Gasteiger partial charge is 0.312 e. The lowest BCUT2D eigenvalue weighted by atomic mass is 9.54. The highest BCUT2D eigenvalue weighted by atomic mass is 127. The van der Waals surface area contributed by atoms with Crippen molar-refractivity contribution >= 4 is 28.6 Å². The number of ether oxygens (including phenoxy) is 1. The Balaban J connectivity index is 0.000000704. The second kappa shape index (κ2) is 6.13. The summed E-state index contributed by atoms with van der Waals surface area (Å²) >= 11 is 2.15. The molecule has 4 bridgehead atoms. The van der Waals surface area contributed by atoms with E-state index in [1.165, 1.54) is 19.3 Å². The molecule has 4 aliphatic rings. The highest BCUT2D eigenvalue weighted by Gasteiger charge is 2.53. The SMILES string of the molecule is CCC(C)(C)C(=O)OC12CC3CC(CC(C3)C1)C2.CI. The highest BCUT2D eigenvalue weighted by Crippen LogP contribution is 2.57. The van der Waals surface area contributed by atoms with Crippen molar-refractivity contribution in [2.75, 3.05) is 4.93 Å². The van der Waals surface area contributed by atoms with E-state index in [-0.39, 0.29) is 17.0 Å². The van der Waals surface area contributed by atoms with Crippen LogP contribution in [0.3, 0.4) is 0 Å². The number of rotatable bonds is 3. The van der Waals surface area contributed by atoms with E-state index in [9.17, 15) is 4.79 Å². The van der Waals surface area contributed by atoms with Crippen molar-refractivity contribution in [1.29, 1.82) is 0 Å². The van der Waals surface area contributed by atoms with Crippen LogP contribution in [-0.2, 0) is 9.53 Å². The van der Waals surface area contributed by atoms with Gasteiger partial charge < -0.3 is 4.74 Å². The summed E-state index contributed by atoms with van der Waals surface area (Å²) in [5.41, 5.74) is -0.387. The molecule has 4 aliphatic carbocycles. The Hall–Kier alpha value is 0.200. The van der Waals surface area contributed by atoms with E-state index in [1.54, 1.807) is 0 Å². The molecule has 0 atom stereocenters. The number of esters is 1. The van der Waals surface area contributed by atoms with Crippen LogP contribution < -0.4 is 0 Å². The van der Waals surface area contributed by atoms with E-state index in [2.05, 4.69) is 29.5 Å². The first-order valence-corrected chi connectivity index (χ1v) is 10.2. The van der Waals surface area contributed by atoms with Gasteiger partial charge >= 0.3 is 5.97 Å². The largest absolute Gasteiger partial charge is 0.459 e. The molecule has 2 nitrogen and oxygen atoms in total. The fourth-order valence-electron chi connectivity index (χ4n) is 4.64. The molecule has 0 heterocycles. The van der Waals surface area contributed by atoms with Crippen LogP contribution in [-0.4, -0.2) is 16.5 Å². The maximum atomic E-state index is 12.4. The fourth-order valence-corrected chi connectivity index (χ4v) is 4.64. The molecule has 4 saturated carbocycles. The monoisotopic (exact) mass is 392 g/mol. The predicted molar refractivity (Wildman–Crippen MR) is 91.0 cm³/mol. The fraction of sp³-hybridized carbons (Fsp3) is 0.941. The van der Waals surface area contributed by atoms with Crippen molar-refractivity contribution in [1.82, 2.24) is 0 Å². The maximum absolute atomic E-state index is 12.4. The van der Waals surface area contributed by atoms with Crippen LogP contribution in [0.4, 0.5) is 0 Å². The quantitative estimate of drug-likeness (QED) is 0.385. The molecule has 0 amide bonds. The lowest BCUT2D eigenvalue weighted by Gasteiger charge is -2.56. The van der Waals surface area contributed by atoms with Crippen molar-refractivity contribution in [2.24, 2.45) is 23.2 Å². The van der Waals surface area contributed by atoms with Gasteiger partial charge in [0.2, 0.25) is 0 Å². The minimum absolute atomic E-state index is 0.0342. The van der Waals surface area contributed by atoms with Gasteiger partial charge in [0.05, 0.1) is 5.41 Å². The average molecular weight is 392 g/mol. The molecule has 0 saturated heterocycles. The number of carbonyl (C=O) groups is 1. The Morgan fingerprint density at radius 2 is 1.50 bits per heavy atom. The minimum atomic E-state index is -0.316. The van der Waals surface area contributed by atoms with E-state index < -0.39 is 0 Å². The molecule has 116 valence electrons. The number of hydrogen-bond donors (Lipinski definition) is 0. The summed E-state index contributed by atoms with van der Waals surface area (Å²) in [5.74, 6) is 2.56. The van der Waals surface area contributed by atoms with Gasteiger partial charge in [-0.15, -0.1) is 0 Å². The number of halogens is 1. The number of carbonyl (C=O) groups excluding carboxylic acids is 1. The molecule has 0 aromatic rings. The molecule has 0 aliphatic heterocycles. The van der Waals surface area contributed by atoms with Gasteiger partial charge in [0.1, 0.15) is 5.60 Å². The van der Waals surface area contributed by atoms with Gasteiger partial charge in [-0.25, -0.2) is 0 Å². The van der Waals surface area contributed by atoms with Crippen LogP contribution in [0.25, 0.3) is 0 Å². The van der Waals surface area contributed by atoms with Crippen LogP contribution in [0.5, 0.6) is 0 Å². The van der Waals surface area contributed by atoms with E-state index in [0.717, 1.165) is 43.4 Å². The lowest BCUT2D eigenvalue weighted by molar-refractivity contribution is -0.195. The Labute approximate surface area is 137 Å². The summed E-state index contributed by atoms with van der Waals surface area (Å²) in [6.07, 6.45) is 8.48. The molecule has 0 unspecified atom stereocenters. The van der Waals surface area contributed by atoms with E-state index in [4.69, 9.17) is 4.74 Å². The summed E-state index contributed by atoms with van der Waals surface area (Å²) in [5, 5.41) is 0. The first kappa shape index (κ1) is 16.6. The minimum Gasteiger partial charge on any atom is -0.459 e. The van der Waals surface area contributed by atoms with Gasteiger partial charge in [0.15, 0.2) is 0 Å². The van der Waals surface area contributed by atoms with Gasteiger partial charge in [-0.1, -0.05) is 29.5 Å². The normalized spacial score (nSPS) is 38.1. The molecule has 0 N–H and O–H groups in total. The topological polar surface area (TPSA) is 26.3 Å². The van der Waals surface area contributed by atoms with Gasteiger partial charge in [0.25, 0.3) is 0 Å².